The number of ketones is 1. The van der Waals surface area contributed by atoms with E-state index in [1.807, 2.05) is 6.07 Å². The van der Waals surface area contributed by atoms with E-state index in [0.717, 1.165) is 0 Å². The summed E-state index contributed by atoms with van der Waals surface area (Å²) in [5.74, 6) is -0.746. The van der Waals surface area contributed by atoms with Crippen LogP contribution in [-0.4, -0.2) is 17.6 Å². The van der Waals surface area contributed by atoms with Crippen molar-refractivity contribution < 1.29 is 14.4 Å². The Morgan fingerprint density at radius 1 is 0.630 bits per heavy atom. The molecule has 5 nitrogen and oxygen atoms in total. The molecule has 0 saturated carbocycles. The SMILES string of the molecule is CC(=O)Nc1ccc(NC(=O)c2ccccc2C(=O)c2ccccc2)cc1. The number of rotatable bonds is 5. The summed E-state index contributed by atoms with van der Waals surface area (Å²) < 4.78 is 0. The highest BCUT2D eigenvalue weighted by Gasteiger charge is 2.18. The van der Waals surface area contributed by atoms with Crippen molar-refractivity contribution in [3.8, 4) is 0 Å². The first-order valence-electron chi connectivity index (χ1n) is 8.42. The number of hydrogen-bond donors (Lipinski definition) is 2. The van der Waals surface area contributed by atoms with Crippen molar-refractivity contribution in [1.29, 1.82) is 0 Å². The van der Waals surface area contributed by atoms with E-state index in [-0.39, 0.29) is 17.6 Å². The Labute approximate surface area is 157 Å². The molecule has 3 rings (SSSR count). The van der Waals surface area contributed by atoms with E-state index in [0.29, 0.717) is 28.1 Å². The Kier molecular flexibility index (Phi) is 5.42. The van der Waals surface area contributed by atoms with Crippen LogP contribution in [0.3, 0.4) is 0 Å². The first kappa shape index (κ1) is 18.1. The number of carbonyl (C=O) groups excluding carboxylic acids is 3. The lowest BCUT2D eigenvalue weighted by molar-refractivity contribution is -0.114. The molecule has 0 radical (unpaired) electrons. The zero-order valence-corrected chi connectivity index (χ0v) is 14.7. The lowest BCUT2D eigenvalue weighted by Gasteiger charge is -2.10. The summed E-state index contributed by atoms with van der Waals surface area (Å²) in [6.45, 7) is 1.43. The number of amides is 2. The highest BCUT2D eigenvalue weighted by atomic mass is 16.2. The number of hydrogen-bond acceptors (Lipinski definition) is 3. The van der Waals surface area contributed by atoms with E-state index in [1.54, 1.807) is 72.8 Å². The molecule has 0 fully saturated rings. The summed E-state index contributed by atoms with van der Waals surface area (Å²) in [6, 6.07) is 22.3. The Balaban J connectivity index is 1.81. The van der Waals surface area contributed by atoms with Gasteiger partial charge in [0, 0.05) is 29.4 Å². The minimum absolute atomic E-state index is 0.167. The first-order valence-corrected chi connectivity index (χ1v) is 8.42. The number of nitrogens with one attached hydrogen (secondary N) is 2. The second-order valence-electron chi connectivity index (χ2n) is 5.95. The standard InChI is InChI=1S/C22H18N2O3/c1-15(25)23-17-11-13-18(14-12-17)24-22(27)20-10-6-5-9-19(20)21(26)16-7-3-2-4-8-16/h2-14H,1H3,(H,23,25)(H,24,27). The Bertz CT molecular complexity index is 980. The van der Waals surface area contributed by atoms with Crippen LogP contribution in [0, 0.1) is 0 Å². The predicted octanol–water partition coefficient (Wildman–Crippen LogP) is 4.13. The summed E-state index contributed by atoms with van der Waals surface area (Å²) >= 11 is 0. The van der Waals surface area contributed by atoms with Gasteiger partial charge in [-0.25, -0.2) is 0 Å². The van der Waals surface area contributed by atoms with Crippen LogP contribution < -0.4 is 10.6 Å². The highest BCUT2D eigenvalue weighted by molar-refractivity contribution is 6.17. The van der Waals surface area contributed by atoms with Gasteiger partial charge in [-0.3, -0.25) is 14.4 Å². The van der Waals surface area contributed by atoms with E-state index in [1.165, 1.54) is 6.92 Å². The maximum Gasteiger partial charge on any atom is 0.256 e. The molecular formula is C22H18N2O3. The van der Waals surface area contributed by atoms with E-state index in [4.69, 9.17) is 0 Å². The average molecular weight is 358 g/mol. The molecule has 0 bridgehead atoms. The van der Waals surface area contributed by atoms with Crippen LogP contribution in [0.15, 0.2) is 78.9 Å². The third kappa shape index (κ3) is 4.46. The molecule has 0 aliphatic heterocycles. The average Bonchev–Trinajstić information content (AvgIpc) is 2.69. The molecule has 134 valence electrons. The molecule has 0 saturated heterocycles. The molecule has 3 aromatic rings. The molecule has 0 aliphatic rings. The molecule has 5 heteroatoms. The predicted molar refractivity (Wildman–Crippen MR) is 105 cm³/mol. The van der Waals surface area contributed by atoms with E-state index in [2.05, 4.69) is 10.6 Å². The Morgan fingerprint density at radius 3 is 1.74 bits per heavy atom. The molecule has 2 N–H and O–H groups in total. The van der Waals surface area contributed by atoms with Gasteiger partial charge in [-0.2, -0.15) is 0 Å². The van der Waals surface area contributed by atoms with Crippen molar-refractivity contribution in [3.05, 3.63) is 95.6 Å². The molecule has 2 amide bonds. The van der Waals surface area contributed by atoms with Crippen molar-refractivity contribution in [3.63, 3.8) is 0 Å². The van der Waals surface area contributed by atoms with E-state index in [9.17, 15) is 14.4 Å². The topological polar surface area (TPSA) is 75.3 Å². The molecule has 0 atom stereocenters. The van der Waals surface area contributed by atoms with Crippen LogP contribution in [0.1, 0.15) is 33.2 Å². The number of carbonyl (C=O) groups is 3. The minimum atomic E-state index is -0.373. The monoisotopic (exact) mass is 358 g/mol. The zero-order valence-electron chi connectivity index (χ0n) is 14.7. The summed E-state index contributed by atoms with van der Waals surface area (Å²) in [5, 5.41) is 5.44. The van der Waals surface area contributed by atoms with Crippen LogP contribution >= 0.6 is 0 Å². The van der Waals surface area contributed by atoms with Gasteiger partial charge in [-0.15, -0.1) is 0 Å². The lowest BCUT2D eigenvalue weighted by Crippen LogP contribution is -2.17. The zero-order chi connectivity index (χ0) is 19.2. The maximum atomic E-state index is 12.8. The Morgan fingerprint density at radius 2 is 1.15 bits per heavy atom. The number of benzene rings is 3. The van der Waals surface area contributed by atoms with Gasteiger partial charge in [0.05, 0.1) is 5.56 Å². The molecule has 0 spiro atoms. The summed E-state index contributed by atoms with van der Waals surface area (Å²) in [4.78, 5) is 36.5. The van der Waals surface area contributed by atoms with Gasteiger partial charge in [0.2, 0.25) is 5.91 Å². The van der Waals surface area contributed by atoms with Crippen LogP contribution in [0.5, 0.6) is 0 Å². The van der Waals surface area contributed by atoms with Gasteiger partial charge in [0.1, 0.15) is 0 Å². The van der Waals surface area contributed by atoms with Crippen molar-refractivity contribution in [2.75, 3.05) is 10.6 Å². The van der Waals surface area contributed by atoms with Gasteiger partial charge in [0.15, 0.2) is 5.78 Å². The molecular weight excluding hydrogens is 340 g/mol. The number of anilines is 2. The van der Waals surface area contributed by atoms with Gasteiger partial charge in [-0.05, 0) is 30.3 Å². The van der Waals surface area contributed by atoms with Crippen LogP contribution in [-0.2, 0) is 4.79 Å². The molecule has 0 aromatic heterocycles. The van der Waals surface area contributed by atoms with Crippen LogP contribution in [0.2, 0.25) is 0 Å². The maximum absolute atomic E-state index is 12.8. The molecule has 3 aromatic carbocycles. The molecule has 0 heterocycles. The summed E-state index contributed by atoms with van der Waals surface area (Å²) in [5.41, 5.74) is 2.38. The van der Waals surface area contributed by atoms with Gasteiger partial charge in [0.25, 0.3) is 5.91 Å². The fourth-order valence-electron chi connectivity index (χ4n) is 2.66. The van der Waals surface area contributed by atoms with Gasteiger partial charge < -0.3 is 10.6 Å². The summed E-state index contributed by atoms with van der Waals surface area (Å²) in [6.07, 6.45) is 0. The van der Waals surface area contributed by atoms with Gasteiger partial charge >= 0.3 is 0 Å². The van der Waals surface area contributed by atoms with E-state index < -0.39 is 0 Å². The Hall–Kier alpha value is -3.73. The second-order valence-corrected chi connectivity index (χ2v) is 5.95. The van der Waals surface area contributed by atoms with Crippen molar-refractivity contribution in [2.24, 2.45) is 0 Å². The minimum Gasteiger partial charge on any atom is -0.326 e. The normalized spacial score (nSPS) is 10.1. The molecule has 0 aliphatic carbocycles. The fraction of sp³-hybridized carbons (Fsp3) is 0.0455. The van der Waals surface area contributed by atoms with Crippen molar-refractivity contribution >= 4 is 29.0 Å². The molecule has 27 heavy (non-hydrogen) atoms. The van der Waals surface area contributed by atoms with Crippen molar-refractivity contribution in [2.45, 2.75) is 6.92 Å². The lowest BCUT2D eigenvalue weighted by atomic mass is 9.98. The van der Waals surface area contributed by atoms with Gasteiger partial charge in [-0.1, -0.05) is 48.5 Å². The van der Waals surface area contributed by atoms with E-state index >= 15 is 0 Å². The fourth-order valence-corrected chi connectivity index (χ4v) is 2.66. The van der Waals surface area contributed by atoms with Crippen molar-refractivity contribution in [1.82, 2.24) is 0 Å². The summed E-state index contributed by atoms with van der Waals surface area (Å²) in [7, 11) is 0. The molecule has 0 unspecified atom stereocenters. The third-order valence-electron chi connectivity index (χ3n) is 3.92. The van der Waals surface area contributed by atoms with Crippen LogP contribution in [0.4, 0.5) is 11.4 Å². The first-order chi connectivity index (χ1) is 13.0. The quantitative estimate of drug-likeness (QED) is 0.674. The largest absolute Gasteiger partial charge is 0.326 e. The second kappa shape index (κ2) is 8.10. The highest BCUT2D eigenvalue weighted by Crippen LogP contribution is 2.18. The van der Waals surface area contributed by atoms with Crippen LogP contribution in [0.25, 0.3) is 0 Å². The smallest absolute Gasteiger partial charge is 0.256 e. The third-order valence-corrected chi connectivity index (χ3v) is 3.92.